The molecule has 0 atom stereocenters. The molecule has 0 saturated heterocycles. The molecule has 0 saturated carbocycles. The normalized spacial score (nSPS) is 11.7. The zero-order valence-corrected chi connectivity index (χ0v) is 11.8. The minimum atomic E-state index is 1.33. The SMILES string of the molecule is Cc1ccc2cc3c(sc4ccccc43)c(C)c2c1. The average Bonchev–Trinajstić information content (AvgIpc) is 2.79. The molecule has 4 rings (SSSR count). The van der Waals surface area contributed by atoms with Crippen molar-refractivity contribution in [3.63, 3.8) is 0 Å². The van der Waals surface area contributed by atoms with Crippen LogP contribution in [0.1, 0.15) is 11.1 Å². The Labute approximate surface area is 116 Å². The van der Waals surface area contributed by atoms with Gasteiger partial charge in [-0.15, -0.1) is 11.3 Å². The Morgan fingerprint density at radius 3 is 2.53 bits per heavy atom. The molecule has 1 aromatic heterocycles. The summed E-state index contributed by atoms with van der Waals surface area (Å²) in [5.41, 5.74) is 2.74. The maximum Gasteiger partial charge on any atom is 0.0390 e. The Kier molecular flexibility index (Phi) is 2.21. The Morgan fingerprint density at radius 1 is 0.789 bits per heavy atom. The summed E-state index contributed by atoms with van der Waals surface area (Å²) in [6.45, 7) is 4.41. The molecule has 92 valence electrons. The van der Waals surface area contributed by atoms with Gasteiger partial charge in [-0.2, -0.15) is 0 Å². The van der Waals surface area contributed by atoms with Crippen LogP contribution < -0.4 is 0 Å². The predicted molar refractivity (Wildman–Crippen MR) is 86.3 cm³/mol. The van der Waals surface area contributed by atoms with E-state index in [1.54, 1.807) is 0 Å². The Bertz CT molecular complexity index is 929. The number of rotatable bonds is 0. The summed E-state index contributed by atoms with van der Waals surface area (Å²) < 4.78 is 2.81. The standard InChI is InChI=1S/C18H14S/c1-11-7-8-13-10-16-14-5-3-4-6-17(14)19-18(16)12(2)15(13)9-11/h3-10H,1-2H3. The maximum absolute atomic E-state index is 2.34. The summed E-state index contributed by atoms with van der Waals surface area (Å²) in [5.74, 6) is 0. The van der Waals surface area contributed by atoms with Crippen LogP contribution in [0.4, 0.5) is 0 Å². The molecule has 0 aliphatic rings. The van der Waals surface area contributed by atoms with Gasteiger partial charge in [-0.3, -0.25) is 0 Å². The molecule has 0 radical (unpaired) electrons. The fourth-order valence-electron chi connectivity index (χ4n) is 2.89. The average molecular weight is 262 g/mol. The lowest BCUT2D eigenvalue weighted by Gasteiger charge is -2.05. The maximum atomic E-state index is 2.34. The summed E-state index contributed by atoms with van der Waals surface area (Å²) in [7, 11) is 0. The third-order valence-electron chi connectivity index (χ3n) is 3.89. The quantitative estimate of drug-likeness (QED) is 0.374. The fraction of sp³-hybridized carbons (Fsp3) is 0.111. The van der Waals surface area contributed by atoms with Gasteiger partial charge in [-0.05, 0) is 42.3 Å². The first-order valence-corrected chi connectivity index (χ1v) is 7.37. The minimum absolute atomic E-state index is 1.33. The van der Waals surface area contributed by atoms with Crippen molar-refractivity contribution in [1.82, 2.24) is 0 Å². The first kappa shape index (κ1) is 11.0. The smallest absolute Gasteiger partial charge is 0.0390 e. The lowest BCUT2D eigenvalue weighted by molar-refractivity contribution is 1.49. The van der Waals surface area contributed by atoms with Crippen LogP contribution in [0, 0.1) is 13.8 Å². The summed E-state index contributed by atoms with van der Waals surface area (Å²) in [6.07, 6.45) is 0. The van der Waals surface area contributed by atoms with Crippen LogP contribution in [0.2, 0.25) is 0 Å². The van der Waals surface area contributed by atoms with E-state index in [4.69, 9.17) is 0 Å². The highest BCUT2D eigenvalue weighted by atomic mass is 32.1. The molecule has 0 amide bonds. The third kappa shape index (κ3) is 1.52. The Balaban J connectivity index is 2.29. The van der Waals surface area contributed by atoms with Crippen molar-refractivity contribution in [3.05, 3.63) is 59.7 Å². The van der Waals surface area contributed by atoms with Crippen LogP contribution in [0.25, 0.3) is 30.9 Å². The van der Waals surface area contributed by atoms with Gasteiger partial charge in [0, 0.05) is 20.2 Å². The summed E-state index contributed by atoms with van der Waals surface area (Å²) >= 11 is 1.91. The van der Waals surface area contributed by atoms with Gasteiger partial charge < -0.3 is 0 Å². The van der Waals surface area contributed by atoms with E-state index in [0.717, 1.165) is 0 Å². The van der Waals surface area contributed by atoms with Gasteiger partial charge in [0.05, 0.1) is 0 Å². The van der Waals surface area contributed by atoms with Crippen molar-refractivity contribution in [1.29, 1.82) is 0 Å². The predicted octanol–water partition coefficient (Wildman–Crippen LogP) is 5.82. The van der Waals surface area contributed by atoms with Crippen molar-refractivity contribution < 1.29 is 0 Å². The van der Waals surface area contributed by atoms with Crippen molar-refractivity contribution in [3.8, 4) is 0 Å². The van der Waals surface area contributed by atoms with E-state index in [1.165, 1.54) is 42.1 Å². The lowest BCUT2D eigenvalue weighted by atomic mass is 10.00. The number of fused-ring (bicyclic) bond motifs is 4. The molecule has 19 heavy (non-hydrogen) atoms. The number of hydrogen-bond donors (Lipinski definition) is 0. The molecule has 4 aromatic rings. The molecule has 3 aromatic carbocycles. The van der Waals surface area contributed by atoms with Gasteiger partial charge >= 0.3 is 0 Å². The molecule has 0 spiro atoms. The minimum Gasteiger partial charge on any atom is -0.135 e. The van der Waals surface area contributed by atoms with Crippen LogP contribution in [0.3, 0.4) is 0 Å². The topological polar surface area (TPSA) is 0 Å². The van der Waals surface area contributed by atoms with Gasteiger partial charge in [0.1, 0.15) is 0 Å². The van der Waals surface area contributed by atoms with Crippen molar-refractivity contribution >= 4 is 42.3 Å². The summed E-state index contributed by atoms with van der Waals surface area (Å²) in [6, 6.07) is 17.8. The zero-order chi connectivity index (χ0) is 13.0. The molecular formula is C18H14S. The highest BCUT2D eigenvalue weighted by Gasteiger charge is 2.09. The molecule has 1 heterocycles. The van der Waals surface area contributed by atoms with Crippen molar-refractivity contribution in [2.24, 2.45) is 0 Å². The molecule has 0 aliphatic heterocycles. The largest absolute Gasteiger partial charge is 0.135 e. The van der Waals surface area contributed by atoms with E-state index in [1.807, 2.05) is 11.3 Å². The number of benzene rings is 3. The van der Waals surface area contributed by atoms with E-state index in [9.17, 15) is 0 Å². The van der Waals surface area contributed by atoms with Crippen molar-refractivity contribution in [2.45, 2.75) is 13.8 Å². The molecule has 1 heteroatoms. The zero-order valence-electron chi connectivity index (χ0n) is 11.0. The van der Waals surface area contributed by atoms with Gasteiger partial charge in [0.2, 0.25) is 0 Å². The molecule has 0 aliphatic carbocycles. The van der Waals surface area contributed by atoms with Crippen LogP contribution >= 0.6 is 11.3 Å². The second-order valence-corrected chi connectivity index (χ2v) is 6.25. The Hall–Kier alpha value is -1.86. The molecule has 0 fully saturated rings. The molecule has 0 bridgehead atoms. The van der Waals surface area contributed by atoms with Gasteiger partial charge in [0.25, 0.3) is 0 Å². The van der Waals surface area contributed by atoms with Crippen LogP contribution in [0.5, 0.6) is 0 Å². The monoisotopic (exact) mass is 262 g/mol. The highest BCUT2D eigenvalue weighted by Crippen LogP contribution is 2.39. The molecule has 0 unspecified atom stereocenters. The van der Waals surface area contributed by atoms with E-state index in [-0.39, 0.29) is 0 Å². The number of thiophene rings is 1. The summed E-state index contributed by atoms with van der Waals surface area (Å²) in [4.78, 5) is 0. The van der Waals surface area contributed by atoms with Gasteiger partial charge in [-0.25, -0.2) is 0 Å². The van der Waals surface area contributed by atoms with Crippen LogP contribution in [0.15, 0.2) is 48.5 Å². The Morgan fingerprint density at radius 2 is 1.63 bits per heavy atom. The van der Waals surface area contributed by atoms with Gasteiger partial charge in [-0.1, -0.05) is 42.0 Å². The number of aryl methyl sites for hydroxylation is 2. The van der Waals surface area contributed by atoms with Crippen LogP contribution in [-0.2, 0) is 0 Å². The van der Waals surface area contributed by atoms with E-state index >= 15 is 0 Å². The molecular weight excluding hydrogens is 248 g/mol. The second-order valence-electron chi connectivity index (χ2n) is 5.20. The van der Waals surface area contributed by atoms with E-state index in [2.05, 4.69) is 62.4 Å². The van der Waals surface area contributed by atoms with E-state index in [0.29, 0.717) is 0 Å². The molecule has 0 N–H and O–H groups in total. The fourth-order valence-corrected chi connectivity index (χ4v) is 4.08. The lowest BCUT2D eigenvalue weighted by Crippen LogP contribution is -1.81. The molecule has 0 nitrogen and oxygen atoms in total. The first-order valence-electron chi connectivity index (χ1n) is 6.55. The van der Waals surface area contributed by atoms with Gasteiger partial charge in [0.15, 0.2) is 0 Å². The van der Waals surface area contributed by atoms with E-state index < -0.39 is 0 Å². The number of hydrogen-bond acceptors (Lipinski definition) is 1. The highest BCUT2D eigenvalue weighted by molar-refractivity contribution is 7.26. The summed E-state index contributed by atoms with van der Waals surface area (Å²) in [5, 5.41) is 5.51. The third-order valence-corrected chi connectivity index (χ3v) is 5.19. The van der Waals surface area contributed by atoms with Crippen molar-refractivity contribution in [2.75, 3.05) is 0 Å². The van der Waals surface area contributed by atoms with Crippen LogP contribution in [-0.4, -0.2) is 0 Å². The first-order chi connectivity index (χ1) is 9.24. The second kappa shape index (κ2) is 3.82.